The van der Waals surface area contributed by atoms with Gasteiger partial charge in [0.25, 0.3) is 5.56 Å². The Balaban J connectivity index is 1.70. The first kappa shape index (κ1) is 22.5. The van der Waals surface area contributed by atoms with E-state index >= 15 is 0 Å². The van der Waals surface area contributed by atoms with Gasteiger partial charge in [-0.25, -0.2) is 9.59 Å². The number of ether oxygens (including phenoxy) is 1. The molecule has 2 aromatic heterocycles. The summed E-state index contributed by atoms with van der Waals surface area (Å²) in [5.41, 5.74) is -0.307. The summed E-state index contributed by atoms with van der Waals surface area (Å²) in [5, 5.41) is 4.30. The summed E-state index contributed by atoms with van der Waals surface area (Å²) in [6.07, 6.45) is 3.00. The Morgan fingerprint density at radius 3 is 2.65 bits per heavy atom. The van der Waals surface area contributed by atoms with Crippen LogP contribution in [0.4, 0.5) is 4.79 Å². The van der Waals surface area contributed by atoms with E-state index in [1.54, 1.807) is 4.90 Å². The maximum atomic E-state index is 12.5. The molecule has 0 saturated carbocycles. The smallest absolute Gasteiger partial charge is 0.410 e. The minimum atomic E-state index is -0.566. The molecule has 1 fully saturated rings. The predicted octanol–water partition coefficient (Wildman–Crippen LogP) is 2.98. The third-order valence-corrected chi connectivity index (χ3v) is 4.73. The molecule has 0 spiro atoms. The summed E-state index contributed by atoms with van der Waals surface area (Å²) < 4.78 is 10.5. The summed E-state index contributed by atoms with van der Waals surface area (Å²) >= 11 is 0. The summed E-state index contributed by atoms with van der Waals surface area (Å²) in [4.78, 5) is 50.0. The number of fused-ring (bicyclic) bond motifs is 1. The molecule has 1 aliphatic rings. The number of carbonyl (C=O) groups excluding carboxylic acids is 1. The summed E-state index contributed by atoms with van der Waals surface area (Å²) in [6, 6.07) is 1.17. The minimum absolute atomic E-state index is 0.0719. The number of aromatic amines is 1. The number of likely N-dealkylation sites (tertiary alicyclic amines) is 1. The predicted molar refractivity (Wildman–Crippen MR) is 115 cm³/mol. The van der Waals surface area contributed by atoms with E-state index in [2.05, 4.69) is 15.1 Å². The highest BCUT2D eigenvalue weighted by Gasteiger charge is 2.25. The first-order valence-electron chi connectivity index (χ1n) is 10.4. The van der Waals surface area contributed by atoms with E-state index in [4.69, 9.17) is 14.0 Å². The number of unbranched alkanes of at least 4 members (excludes halogenated alkanes) is 1. The van der Waals surface area contributed by atoms with E-state index in [9.17, 15) is 14.4 Å². The highest BCUT2D eigenvalue weighted by Crippen LogP contribution is 2.17. The highest BCUT2D eigenvalue weighted by molar-refractivity contribution is 5.86. The average Bonchev–Trinajstić information content (AvgIpc) is 2.69. The third-order valence-electron chi connectivity index (χ3n) is 4.73. The van der Waals surface area contributed by atoms with Gasteiger partial charge in [-0.15, -0.1) is 0 Å². The number of nitrogens with one attached hydrogen (secondary N) is 1. The van der Waals surface area contributed by atoms with Crippen LogP contribution >= 0.6 is 0 Å². The molecular formula is C21H28N4O6. The molecular weight excluding hydrogens is 404 g/mol. The van der Waals surface area contributed by atoms with Crippen molar-refractivity contribution in [3.05, 3.63) is 32.4 Å². The third kappa shape index (κ3) is 5.93. The molecule has 10 nitrogen and oxygen atoms in total. The quantitative estimate of drug-likeness (QED) is 0.720. The SMILES string of the molecule is CCCCc1cc(=O)oc2nc(ON=C3CCN(C(=O)OC(C)(C)C)CC3)[nH]c(=O)c12. The maximum absolute atomic E-state index is 12.5. The van der Waals surface area contributed by atoms with E-state index in [0.29, 0.717) is 37.9 Å². The van der Waals surface area contributed by atoms with Crippen LogP contribution in [0.15, 0.2) is 25.2 Å². The fourth-order valence-electron chi connectivity index (χ4n) is 3.21. The Morgan fingerprint density at radius 2 is 2.00 bits per heavy atom. The Bertz CT molecular complexity index is 1090. The van der Waals surface area contributed by atoms with Crippen molar-refractivity contribution < 1.29 is 18.8 Å². The van der Waals surface area contributed by atoms with E-state index in [-0.39, 0.29) is 23.2 Å². The normalized spacial score (nSPS) is 14.6. The molecule has 0 radical (unpaired) electrons. The molecule has 1 amide bonds. The number of aryl methyl sites for hydroxylation is 1. The lowest BCUT2D eigenvalue weighted by Crippen LogP contribution is -2.42. The largest absolute Gasteiger partial charge is 0.444 e. The molecule has 1 aliphatic heterocycles. The van der Waals surface area contributed by atoms with Crippen LogP contribution in [0.1, 0.15) is 58.9 Å². The van der Waals surface area contributed by atoms with Crippen LogP contribution in [-0.2, 0) is 11.2 Å². The number of piperidine rings is 1. The molecule has 0 bridgehead atoms. The zero-order valence-corrected chi connectivity index (χ0v) is 18.3. The minimum Gasteiger partial charge on any atom is -0.444 e. The second-order valence-corrected chi connectivity index (χ2v) is 8.46. The number of rotatable bonds is 5. The zero-order valence-electron chi connectivity index (χ0n) is 18.3. The van der Waals surface area contributed by atoms with Crippen LogP contribution in [0.2, 0.25) is 0 Å². The number of oxime groups is 1. The van der Waals surface area contributed by atoms with Gasteiger partial charge in [0.15, 0.2) is 0 Å². The molecule has 31 heavy (non-hydrogen) atoms. The standard InChI is InChI=1S/C21H28N4O6/c1-5-6-7-13-12-15(26)29-18-16(13)17(27)22-19(23-18)31-24-14-8-10-25(11-9-14)20(28)30-21(2,3)4/h12H,5-11H2,1-4H3,(H,22,23,27). The second-order valence-electron chi connectivity index (χ2n) is 8.46. The lowest BCUT2D eigenvalue weighted by molar-refractivity contribution is 0.0248. The van der Waals surface area contributed by atoms with Crippen LogP contribution in [-0.4, -0.2) is 45.4 Å². The Morgan fingerprint density at radius 1 is 1.29 bits per heavy atom. The molecule has 10 heteroatoms. The van der Waals surface area contributed by atoms with Crippen molar-refractivity contribution >= 4 is 22.9 Å². The Labute approximate surface area is 179 Å². The molecule has 0 aliphatic carbocycles. The van der Waals surface area contributed by atoms with Gasteiger partial charge < -0.3 is 18.9 Å². The van der Waals surface area contributed by atoms with Crippen LogP contribution in [0, 0.1) is 0 Å². The summed E-state index contributed by atoms with van der Waals surface area (Å²) in [6.45, 7) is 8.40. The van der Waals surface area contributed by atoms with Gasteiger partial charge in [-0.2, -0.15) is 4.98 Å². The zero-order chi connectivity index (χ0) is 22.6. The number of carbonyl (C=O) groups is 1. The summed E-state index contributed by atoms with van der Waals surface area (Å²) in [7, 11) is 0. The van der Waals surface area contributed by atoms with Gasteiger partial charge >= 0.3 is 17.7 Å². The fourth-order valence-corrected chi connectivity index (χ4v) is 3.21. The van der Waals surface area contributed by atoms with Crippen molar-refractivity contribution in [2.45, 2.75) is 65.4 Å². The molecule has 0 atom stereocenters. The van der Waals surface area contributed by atoms with Crippen molar-refractivity contribution in [1.29, 1.82) is 0 Å². The number of hydrogen-bond donors (Lipinski definition) is 1. The van der Waals surface area contributed by atoms with Crippen molar-refractivity contribution in [2.24, 2.45) is 5.16 Å². The Kier molecular flexibility index (Phi) is 6.77. The highest BCUT2D eigenvalue weighted by atomic mass is 16.6. The van der Waals surface area contributed by atoms with Crippen molar-refractivity contribution in [3.63, 3.8) is 0 Å². The number of hydrogen-bond acceptors (Lipinski definition) is 8. The lowest BCUT2D eigenvalue weighted by Gasteiger charge is -2.30. The second kappa shape index (κ2) is 9.32. The summed E-state index contributed by atoms with van der Waals surface area (Å²) in [5.74, 6) is 0. The van der Waals surface area contributed by atoms with E-state index in [0.717, 1.165) is 18.6 Å². The van der Waals surface area contributed by atoms with Crippen molar-refractivity contribution in [3.8, 4) is 6.01 Å². The van der Waals surface area contributed by atoms with Gasteiger partial charge in [-0.1, -0.05) is 18.5 Å². The van der Waals surface area contributed by atoms with Gasteiger partial charge in [0.05, 0.1) is 5.71 Å². The van der Waals surface area contributed by atoms with Crippen LogP contribution in [0.3, 0.4) is 0 Å². The Hall–Kier alpha value is -3.17. The van der Waals surface area contributed by atoms with Gasteiger partial charge in [0.2, 0.25) is 5.71 Å². The maximum Gasteiger partial charge on any atom is 0.410 e. The molecule has 0 unspecified atom stereocenters. The van der Waals surface area contributed by atoms with Crippen LogP contribution < -0.4 is 16.0 Å². The molecule has 1 saturated heterocycles. The molecule has 0 aromatic carbocycles. The first-order valence-corrected chi connectivity index (χ1v) is 10.4. The molecule has 2 aromatic rings. The lowest BCUT2D eigenvalue weighted by atomic mass is 10.1. The van der Waals surface area contributed by atoms with E-state index in [1.807, 2.05) is 27.7 Å². The first-order chi connectivity index (χ1) is 14.7. The van der Waals surface area contributed by atoms with Crippen LogP contribution in [0.5, 0.6) is 6.01 Å². The van der Waals surface area contributed by atoms with Crippen LogP contribution in [0.25, 0.3) is 11.1 Å². The van der Waals surface area contributed by atoms with Crippen molar-refractivity contribution in [2.75, 3.05) is 13.1 Å². The monoisotopic (exact) mass is 432 g/mol. The van der Waals surface area contributed by atoms with Gasteiger partial charge in [-0.05, 0) is 39.2 Å². The van der Waals surface area contributed by atoms with Gasteiger partial charge in [0, 0.05) is 32.0 Å². The average molecular weight is 432 g/mol. The molecule has 3 rings (SSSR count). The molecule has 3 heterocycles. The number of H-pyrrole nitrogens is 1. The van der Waals surface area contributed by atoms with Gasteiger partial charge in [0.1, 0.15) is 11.0 Å². The molecule has 168 valence electrons. The molecule has 1 N–H and O–H groups in total. The van der Waals surface area contributed by atoms with E-state index in [1.165, 1.54) is 6.07 Å². The van der Waals surface area contributed by atoms with Crippen molar-refractivity contribution in [1.82, 2.24) is 14.9 Å². The number of nitrogens with zero attached hydrogens (tertiary/aromatic N) is 3. The van der Waals surface area contributed by atoms with Gasteiger partial charge in [-0.3, -0.25) is 9.78 Å². The number of amides is 1. The fraction of sp³-hybridized carbons (Fsp3) is 0.571. The number of aromatic nitrogens is 2. The topological polar surface area (TPSA) is 127 Å². The van der Waals surface area contributed by atoms with E-state index < -0.39 is 16.8 Å².